The number of methoxy groups -OCH3 is 1. The summed E-state index contributed by atoms with van der Waals surface area (Å²) in [6.07, 6.45) is 1.74. The van der Waals surface area contributed by atoms with Crippen LogP contribution >= 0.6 is 11.6 Å². The molecule has 0 aliphatic rings. The smallest absolute Gasteiger partial charge is 0.339 e. The van der Waals surface area contributed by atoms with Crippen molar-refractivity contribution < 1.29 is 9.53 Å². The number of hydrogen-bond donors (Lipinski definition) is 2. The van der Waals surface area contributed by atoms with Crippen molar-refractivity contribution in [2.45, 2.75) is 13.5 Å². The number of carbonyl (C=O) groups excluding carboxylic acids is 1. The Hall–Kier alpha value is -2.01. The molecule has 0 radical (unpaired) electrons. The van der Waals surface area contributed by atoms with Crippen LogP contribution in [0.15, 0.2) is 24.4 Å². The van der Waals surface area contributed by atoms with Crippen molar-refractivity contribution in [3.8, 4) is 0 Å². The van der Waals surface area contributed by atoms with E-state index >= 15 is 0 Å². The molecule has 0 aliphatic heterocycles. The van der Waals surface area contributed by atoms with Crippen LogP contribution in [0.25, 0.3) is 0 Å². The van der Waals surface area contributed by atoms with Crippen molar-refractivity contribution >= 4 is 23.3 Å². The van der Waals surface area contributed by atoms with Crippen LogP contribution in [-0.4, -0.2) is 23.0 Å². The van der Waals surface area contributed by atoms with Crippen LogP contribution in [0.3, 0.4) is 0 Å². The van der Waals surface area contributed by atoms with Crippen LogP contribution in [0.1, 0.15) is 21.9 Å². The van der Waals surface area contributed by atoms with E-state index in [4.69, 9.17) is 16.3 Å². The highest BCUT2D eigenvalue weighted by Crippen LogP contribution is 2.22. The van der Waals surface area contributed by atoms with Gasteiger partial charge in [0.1, 0.15) is 5.82 Å². The van der Waals surface area contributed by atoms with E-state index in [2.05, 4.69) is 15.3 Å². The number of aryl methyl sites for hydroxylation is 1. The van der Waals surface area contributed by atoms with E-state index in [0.29, 0.717) is 22.8 Å². The minimum atomic E-state index is -0.403. The van der Waals surface area contributed by atoms with E-state index in [1.807, 2.05) is 6.92 Å². The maximum absolute atomic E-state index is 11.6. The van der Waals surface area contributed by atoms with Crippen LogP contribution in [0.4, 0.5) is 5.69 Å². The normalized spacial score (nSPS) is 10.3. The number of carbonyl (C=O) groups is 1. The quantitative estimate of drug-likeness (QED) is 0.845. The second-order valence-electron chi connectivity index (χ2n) is 4.03. The molecule has 0 atom stereocenters. The summed E-state index contributed by atoms with van der Waals surface area (Å²) in [7, 11) is 1.35. The summed E-state index contributed by atoms with van der Waals surface area (Å²) in [6, 6.07) is 4.98. The second kappa shape index (κ2) is 5.75. The Bertz CT molecular complexity index is 595. The van der Waals surface area contributed by atoms with Crippen molar-refractivity contribution in [2.75, 3.05) is 12.4 Å². The van der Waals surface area contributed by atoms with Crippen LogP contribution < -0.4 is 5.32 Å². The van der Waals surface area contributed by atoms with Gasteiger partial charge in [0.15, 0.2) is 0 Å². The molecule has 100 valence electrons. The summed E-state index contributed by atoms with van der Waals surface area (Å²) in [6.45, 7) is 2.40. The first-order valence-electron chi connectivity index (χ1n) is 5.72. The number of esters is 1. The van der Waals surface area contributed by atoms with Crippen molar-refractivity contribution in [1.29, 1.82) is 0 Å². The number of anilines is 1. The fourth-order valence-electron chi connectivity index (χ4n) is 1.70. The molecule has 0 amide bonds. The predicted octanol–water partition coefficient (Wildman–Crippen LogP) is 2.77. The zero-order valence-electron chi connectivity index (χ0n) is 10.7. The highest BCUT2D eigenvalue weighted by atomic mass is 35.5. The summed E-state index contributed by atoms with van der Waals surface area (Å²) in [4.78, 5) is 18.8. The van der Waals surface area contributed by atoms with Gasteiger partial charge in [-0.15, -0.1) is 0 Å². The summed E-state index contributed by atoms with van der Waals surface area (Å²) in [5.74, 6) is 0.441. The zero-order valence-corrected chi connectivity index (χ0v) is 11.4. The number of nitrogens with one attached hydrogen (secondary N) is 2. The van der Waals surface area contributed by atoms with E-state index in [1.54, 1.807) is 24.4 Å². The number of aromatic nitrogens is 2. The third-order valence-electron chi connectivity index (χ3n) is 2.61. The second-order valence-corrected chi connectivity index (χ2v) is 4.47. The molecule has 2 N–H and O–H groups in total. The first-order valence-corrected chi connectivity index (χ1v) is 6.10. The molecule has 19 heavy (non-hydrogen) atoms. The Morgan fingerprint density at radius 3 is 2.95 bits per heavy atom. The Kier molecular flexibility index (Phi) is 4.06. The fraction of sp³-hybridized carbons (Fsp3) is 0.231. The molecule has 0 saturated carbocycles. The monoisotopic (exact) mass is 279 g/mol. The van der Waals surface area contributed by atoms with Gasteiger partial charge in [-0.1, -0.05) is 11.6 Å². The molecule has 0 fully saturated rings. The fourth-order valence-corrected chi connectivity index (χ4v) is 1.87. The molecular formula is C13H14ClN3O2. The molecule has 1 heterocycles. The Balaban J connectivity index is 2.18. The molecule has 2 rings (SSSR count). The van der Waals surface area contributed by atoms with Crippen LogP contribution in [0, 0.1) is 6.92 Å². The summed E-state index contributed by atoms with van der Waals surface area (Å²) in [5, 5.41) is 3.69. The summed E-state index contributed by atoms with van der Waals surface area (Å²) in [5.41, 5.74) is 2.00. The molecule has 0 spiro atoms. The lowest BCUT2D eigenvalue weighted by molar-refractivity contribution is 0.0602. The summed E-state index contributed by atoms with van der Waals surface area (Å²) < 4.78 is 4.73. The van der Waals surface area contributed by atoms with Gasteiger partial charge >= 0.3 is 5.97 Å². The van der Waals surface area contributed by atoms with Gasteiger partial charge < -0.3 is 15.0 Å². The van der Waals surface area contributed by atoms with Gasteiger partial charge in [-0.25, -0.2) is 9.78 Å². The van der Waals surface area contributed by atoms with Gasteiger partial charge in [-0.05, 0) is 25.1 Å². The summed E-state index contributed by atoms with van der Waals surface area (Å²) >= 11 is 5.94. The minimum Gasteiger partial charge on any atom is -0.465 e. The van der Waals surface area contributed by atoms with Crippen molar-refractivity contribution in [1.82, 2.24) is 9.97 Å². The van der Waals surface area contributed by atoms with Gasteiger partial charge in [0.2, 0.25) is 0 Å². The highest BCUT2D eigenvalue weighted by Gasteiger charge is 2.12. The lowest BCUT2D eigenvalue weighted by atomic mass is 10.1. The average Bonchev–Trinajstić information content (AvgIpc) is 2.81. The number of benzene rings is 1. The highest BCUT2D eigenvalue weighted by molar-refractivity contribution is 6.31. The van der Waals surface area contributed by atoms with Crippen LogP contribution in [-0.2, 0) is 11.3 Å². The lowest BCUT2D eigenvalue weighted by Gasteiger charge is -2.10. The third-order valence-corrected chi connectivity index (χ3v) is 2.85. The van der Waals surface area contributed by atoms with E-state index < -0.39 is 5.97 Å². The van der Waals surface area contributed by atoms with E-state index in [-0.39, 0.29) is 0 Å². The van der Waals surface area contributed by atoms with Gasteiger partial charge in [0.25, 0.3) is 0 Å². The topological polar surface area (TPSA) is 67.0 Å². The predicted molar refractivity (Wildman–Crippen MR) is 73.4 cm³/mol. The van der Waals surface area contributed by atoms with Crippen LogP contribution in [0.2, 0.25) is 5.02 Å². The zero-order chi connectivity index (χ0) is 13.8. The van der Waals surface area contributed by atoms with Gasteiger partial charge in [-0.2, -0.15) is 0 Å². The Morgan fingerprint density at radius 2 is 2.32 bits per heavy atom. The number of halogens is 1. The number of nitrogens with zero attached hydrogens (tertiary/aromatic N) is 1. The first kappa shape index (κ1) is 13.4. The van der Waals surface area contributed by atoms with E-state index in [0.717, 1.165) is 11.5 Å². The molecule has 2 aromatic rings. The molecule has 1 aromatic carbocycles. The largest absolute Gasteiger partial charge is 0.465 e. The minimum absolute atomic E-state index is 0.403. The molecule has 0 unspecified atom stereocenters. The van der Waals surface area contributed by atoms with E-state index in [1.165, 1.54) is 7.11 Å². The molecule has 0 aliphatic carbocycles. The molecule has 0 saturated heterocycles. The molecule has 6 heteroatoms. The van der Waals surface area contributed by atoms with E-state index in [9.17, 15) is 4.79 Å². The SMILES string of the molecule is COC(=O)c1ccc(Cl)cc1NCc1cnc(C)[nH]1. The Morgan fingerprint density at radius 1 is 1.53 bits per heavy atom. The number of H-pyrrole nitrogens is 1. The van der Waals surface area contributed by atoms with Crippen molar-refractivity contribution in [3.63, 3.8) is 0 Å². The number of ether oxygens (including phenoxy) is 1. The van der Waals surface area contributed by atoms with Crippen molar-refractivity contribution in [2.24, 2.45) is 0 Å². The number of aromatic amines is 1. The van der Waals surface area contributed by atoms with Crippen molar-refractivity contribution in [3.05, 3.63) is 46.5 Å². The van der Waals surface area contributed by atoms with Gasteiger partial charge in [0.05, 0.1) is 36.8 Å². The van der Waals surface area contributed by atoms with Gasteiger partial charge in [-0.3, -0.25) is 0 Å². The molecule has 5 nitrogen and oxygen atoms in total. The number of rotatable bonds is 4. The molecule has 1 aromatic heterocycles. The maximum Gasteiger partial charge on any atom is 0.339 e. The third kappa shape index (κ3) is 3.26. The van der Waals surface area contributed by atoms with Gasteiger partial charge in [0, 0.05) is 5.02 Å². The Labute approximate surface area is 116 Å². The lowest BCUT2D eigenvalue weighted by Crippen LogP contribution is -2.08. The molecule has 0 bridgehead atoms. The average molecular weight is 280 g/mol. The standard InChI is InChI=1S/C13H14ClN3O2/c1-8-15-6-10(17-8)7-16-12-5-9(14)3-4-11(12)13(18)19-2/h3-6,16H,7H2,1-2H3,(H,15,17). The maximum atomic E-state index is 11.6. The van der Waals surface area contributed by atoms with Crippen LogP contribution in [0.5, 0.6) is 0 Å². The number of hydrogen-bond acceptors (Lipinski definition) is 4. The molecular weight excluding hydrogens is 266 g/mol. The number of imidazole rings is 1. The first-order chi connectivity index (χ1) is 9.10.